The summed E-state index contributed by atoms with van der Waals surface area (Å²) in [5, 5.41) is 19.1. The highest BCUT2D eigenvalue weighted by atomic mass is 16.5. The lowest BCUT2D eigenvalue weighted by Crippen LogP contribution is -2.62. The molecule has 0 aromatic rings. The topological polar surface area (TPSA) is 195 Å². The lowest BCUT2D eigenvalue weighted by molar-refractivity contribution is -0.150. The first-order chi connectivity index (χ1) is 24.3. The Kier molecular flexibility index (Phi) is 20.9. The zero-order chi connectivity index (χ0) is 41.7. The molecule has 0 spiro atoms. The van der Waals surface area contributed by atoms with Gasteiger partial charge < -0.3 is 40.5 Å². The first kappa shape index (κ1) is 49.2. The molecule has 0 aliphatic heterocycles. The summed E-state index contributed by atoms with van der Waals surface area (Å²) >= 11 is 0. The highest BCUT2D eigenvalue weighted by molar-refractivity contribution is 5.97. The predicted octanol–water partition coefficient (Wildman–Crippen LogP) is 1.95. The fourth-order valence-electron chi connectivity index (χ4n) is 5.67. The molecule has 4 N–H and O–H groups in total. The number of likely N-dealkylation sites (N-methyl/N-ethyl adjacent to an activating group) is 3. The van der Waals surface area contributed by atoms with Crippen LogP contribution in [0.15, 0.2) is 0 Å². The second kappa shape index (κ2) is 22.5. The van der Waals surface area contributed by atoms with Crippen LogP contribution in [-0.4, -0.2) is 132 Å². The number of carbonyl (C=O) groups is 7. The summed E-state index contributed by atoms with van der Waals surface area (Å²) in [7, 11) is 5.63. The number of methoxy groups -OCH3 is 1. The highest BCUT2D eigenvalue weighted by Gasteiger charge is 2.40. The van der Waals surface area contributed by atoms with Crippen LogP contribution in [0.1, 0.15) is 102 Å². The van der Waals surface area contributed by atoms with Crippen LogP contribution >= 0.6 is 0 Å². The van der Waals surface area contributed by atoms with Gasteiger partial charge in [0.15, 0.2) is 0 Å². The van der Waals surface area contributed by atoms with Crippen molar-refractivity contribution >= 4 is 41.4 Å². The Labute approximate surface area is 317 Å². The van der Waals surface area contributed by atoms with Gasteiger partial charge in [0.25, 0.3) is 0 Å². The van der Waals surface area contributed by atoms with Crippen molar-refractivity contribution in [3.05, 3.63) is 0 Å². The molecule has 53 heavy (non-hydrogen) atoms. The van der Waals surface area contributed by atoms with Crippen molar-refractivity contribution in [1.29, 1.82) is 0 Å². The van der Waals surface area contributed by atoms with E-state index in [1.807, 2.05) is 34.6 Å². The van der Waals surface area contributed by atoms with Crippen molar-refractivity contribution in [2.24, 2.45) is 29.6 Å². The van der Waals surface area contributed by atoms with Crippen LogP contribution in [-0.2, 0) is 38.3 Å². The van der Waals surface area contributed by atoms with E-state index in [-0.39, 0.29) is 30.1 Å². The molecule has 0 saturated carbocycles. The maximum atomic E-state index is 14.1. The molecule has 0 aliphatic rings. The SMILES string of the molecule is CC[C@H](C)[C@@H](NC(=O)[C@H](NC(=O)[C@@H](C)N(C)C(=O)C(C)C)[C@H](O)C(C)C)C(=O)N(C)[C@@H](C)C(=O)N(C)[C@@H](CC(C)C)C(=O)N[C@@H](CC(C)C)C(=O)OC. The van der Waals surface area contributed by atoms with E-state index in [2.05, 4.69) is 16.0 Å². The lowest BCUT2D eigenvalue weighted by atomic mass is 9.94. The van der Waals surface area contributed by atoms with E-state index in [4.69, 9.17) is 4.74 Å². The molecule has 0 rings (SSSR count). The minimum atomic E-state index is -1.46. The number of aliphatic hydroxyl groups is 1. The summed E-state index contributed by atoms with van der Waals surface area (Å²) in [6.07, 6.45) is -0.247. The Morgan fingerprint density at radius 1 is 0.604 bits per heavy atom. The standard InChI is InChI=1S/C38H70N6O9/c1-17-24(10)29(40-34(48)30(31(45)22(6)7)41-32(46)25(11)42(13)35(49)23(8)9)37(51)43(14)26(12)36(50)44(15)28(19-21(4)5)33(47)39-27(18-20(2)3)38(52)53-16/h20-31,45H,17-19H2,1-16H3,(H,39,47)(H,40,48)(H,41,46)/t24-,25+,26-,27-,28-,29+,30+,31+/m0/s1. The zero-order valence-electron chi connectivity index (χ0n) is 35.1. The van der Waals surface area contributed by atoms with Crippen molar-refractivity contribution in [2.75, 3.05) is 28.3 Å². The molecular weight excluding hydrogens is 684 g/mol. The predicted molar refractivity (Wildman–Crippen MR) is 203 cm³/mol. The molecule has 0 aromatic carbocycles. The van der Waals surface area contributed by atoms with E-state index in [9.17, 15) is 38.7 Å². The largest absolute Gasteiger partial charge is 0.467 e. The Morgan fingerprint density at radius 3 is 1.53 bits per heavy atom. The van der Waals surface area contributed by atoms with Crippen LogP contribution in [0, 0.1) is 29.6 Å². The van der Waals surface area contributed by atoms with Gasteiger partial charge >= 0.3 is 5.97 Å². The second-order valence-electron chi connectivity index (χ2n) is 15.8. The van der Waals surface area contributed by atoms with Crippen molar-refractivity contribution in [2.45, 2.75) is 145 Å². The number of carbonyl (C=O) groups excluding carboxylic acids is 7. The van der Waals surface area contributed by atoms with E-state index in [0.29, 0.717) is 12.8 Å². The molecule has 0 aromatic heterocycles. The smallest absolute Gasteiger partial charge is 0.328 e. The fraction of sp³-hybridized carbons (Fsp3) is 0.816. The summed E-state index contributed by atoms with van der Waals surface area (Å²) in [4.78, 5) is 97.4. The molecule has 0 saturated heterocycles. The third-order valence-electron chi connectivity index (χ3n) is 9.79. The van der Waals surface area contributed by atoms with Gasteiger partial charge in [0.1, 0.15) is 36.3 Å². The second-order valence-corrected chi connectivity index (χ2v) is 15.8. The first-order valence-corrected chi connectivity index (χ1v) is 18.8. The molecule has 8 atom stereocenters. The molecule has 15 heteroatoms. The number of esters is 1. The Hall–Kier alpha value is -3.75. The number of nitrogens with one attached hydrogen (secondary N) is 3. The molecular formula is C38H70N6O9. The van der Waals surface area contributed by atoms with Gasteiger partial charge in [-0.15, -0.1) is 0 Å². The third-order valence-corrected chi connectivity index (χ3v) is 9.79. The van der Waals surface area contributed by atoms with Crippen molar-refractivity contribution in [3.8, 4) is 0 Å². The van der Waals surface area contributed by atoms with Gasteiger partial charge in [-0.05, 0) is 50.4 Å². The molecule has 6 amide bonds. The summed E-state index contributed by atoms with van der Waals surface area (Å²) in [6, 6.07) is -6.49. The zero-order valence-corrected chi connectivity index (χ0v) is 35.1. The summed E-state index contributed by atoms with van der Waals surface area (Å²) in [6.45, 7) is 21.0. The number of hydrogen-bond acceptors (Lipinski definition) is 9. The van der Waals surface area contributed by atoms with Crippen LogP contribution in [0.5, 0.6) is 0 Å². The summed E-state index contributed by atoms with van der Waals surface area (Å²) < 4.78 is 4.89. The minimum Gasteiger partial charge on any atom is -0.467 e. The van der Waals surface area contributed by atoms with Gasteiger partial charge in [0.05, 0.1) is 13.2 Å². The number of amides is 6. The Balaban J connectivity index is 6.37. The molecule has 0 unspecified atom stereocenters. The maximum absolute atomic E-state index is 14.1. The van der Waals surface area contributed by atoms with Gasteiger partial charge in [0, 0.05) is 27.1 Å². The van der Waals surface area contributed by atoms with Crippen LogP contribution in [0.4, 0.5) is 0 Å². The van der Waals surface area contributed by atoms with E-state index in [1.165, 1.54) is 56.8 Å². The van der Waals surface area contributed by atoms with Crippen LogP contribution in [0.2, 0.25) is 0 Å². The summed E-state index contributed by atoms with van der Waals surface area (Å²) in [5.41, 5.74) is 0. The average Bonchev–Trinajstić information content (AvgIpc) is 3.10. The van der Waals surface area contributed by atoms with Crippen LogP contribution in [0.25, 0.3) is 0 Å². The van der Waals surface area contributed by atoms with Gasteiger partial charge in [-0.3, -0.25) is 28.8 Å². The van der Waals surface area contributed by atoms with E-state index >= 15 is 0 Å². The van der Waals surface area contributed by atoms with Gasteiger partial charge in [-0.2, -0.15) is 0 Å². The maximum Gasteiger partial charge on any atom is 0.328 e. The minimum absolute atomic E-state index is 0.00366. The lowest BCUT2D eigenvalue weighted by Gasteiger charge is -2.36. The van der Waals surface area contributed by atoms with Gasteiger partial charge in [0.2, 0.25) is 35.4 Å². The Morgan fingerprint density at radius 2 is 1.09 bits per heavy atom. The Bertz CT molecular complexity index is 1260. The average molecular weight is 755 g/mol. The van der Waals surface area contributed by atoms with Crippen LogP contribution < -0.4 is 16.0 Å². The van der Waals surface area contributed by atoms with Crippen molar-refractivity contribution < 1.29 is 43.4 Å². The molecule has 0 bridgehead atoms. The monoisotopic (exact) mass is 755 g/mol. The van der Waals surface area contributed by atoms with Crippen LogP contribution in [0.3, 0.4) is 0 Å². The molecule has 15 nitrogen and oxygen atoms in total. The summed E-state index contributed by atoms with van der Waals surface area (Å²) in [5.74, 6) is -5.16. The quantitative estimate of drug-likeness (QED) is 0.127. The molecule has 0 heterocycles. The van der Waals surface area contributed by atoms with Gasteiger partial charge in [-0.1, -0.05) is 75.7 Å². The highest BCUT2D eigenvalue weighted by Crippen LogP contribution is 2.18. The number of nitrogens with zero attached hydrogens (tertiary/aromatic N) is 3. The first-order valence-electron chi connectivity index (χ1n) is 18.8. The molecule has 0 fully saturated rings. The molecule has 0 aliphatic carbocycles. The van der Waals surface area contributed by atoms with E-state index in [0.717, 1.165) is 0 Å². The normalized spacial score (nSPS) is 16.1. The number of ether oxygens (including phenoxy) is 1. The van der Waals surface area contributed by atoms with Crippen molar-refractivity contribution in [1.82, 2.24) is 30.7 Å². The van der Waals surface area contributed by atoms with E-state index < -0.39 is 89.7 Å². The van der Waals surface area contributed by atoms with Crippen molar-refractivity contribution in [3.63, 3.8) is 0 Å². The fourth-order valence-corrected chi connectivity index (χ4v) is 5.67. The number of rotatable bonds is 21. The van der Waals surface area contributed by atoms with Gasteiger partial charge in [-0.25, -0.2) is 4.79 Å². The third kappa shape index (κ3) is 14.5. The number of aliphatic hydroxyl groups excluding tert-OH is 1. The molecule has 306 valence electrons. The van der Waals surface area contributed by atoms with E-state index in [1.54, 1.807) is 34.6 Å². The molecule has 0 radical (unpaired) electrons. The number of hydrogen-bond donors (Lipinski definition) is 4.